The van der Waals surface area contributed by atoms with Gasteiger partial charge in [-0.3, -0.25) is 4.79 Å². The van der Waals surface area contributed by atoms with E-state index in [0.717, 1.165) is 64.4 Å². The van der Waals surface area contributed by atoms with E-state index in [1.807, 2.05) is 45.2 Å². The summed E-state index contributed by atoms with van der Waals surface area (Å²) >= 11 is 1.82. The maximum atomic E-state index is 11.7. The van der Waals surface area contributed by atoms with Crippen molar-refractivity contribution >= 4 is 73.2 Å². The Morgan fingerprint density at radius 3 is 2.09 bits per heavy atom. The van der Waals surface area contributed by atoms with Gasteiger partial charge in [0.15, 0.2) is 5.78 Å². The molecule has 1 N–H and O–H groups in total. The van der Waals surface area contributed by atoms with Gasteiger partial charge in [0.2, 0.25) is 0 Å². The van der Waals surface area contributed by atoms with Crippen LogP contribution in [0.3, 0.4) is 0 Å². The predicted molar refractivity (Wildman–Crippen MR) is 230 cm³/mol. The maximum absolute atomic E-state index is 11.7. The number of rotatable bonds is 10. The number of nitrogens with zero attached hydrogens (tertiary/aromatic N) is 1. The van der Waals surface area contributed by atoms with Gasteiger partial charge < -0.3 is 14.5 Å². The van der Waals surface area contributed by atoms with Gasteiger partial charge in [-0.15, -0.1) is 29.0 Å². The minimum atomic E-state index is -1.34. The Morgan fingerprint density at radius 2 is 1.48 bits per heavy atom. The maximum Gasteiger partial charge on any atom is 0.162 e. The zero-order valence-electron chi connectivity index (χ0n) is 33.0. The van der Waals surface area contributed by atoms with Crippen LogP contribution in [0.2, 0.25) is 19.6 Å². The van der Waals surface area contributed by atoms with Crippen molar-refractivity contribution in [3.63, 3.8) is 0 Å². The van der Waals surface area contributed by atoms with E-state index in [4.69, 9.17) is 9.40 Å². The second-order valence-electron chi connectivity index (χ2n) is 15.3. The van der Waals surface area contributed by atoms with E-state index in [9.17, 15) is 9.90 Å². The largest absolute Gasteiger partial charge is 0.512 e. The number of hydrogen-bond donors (Lipinski definition) is 1. The van der Waals surface area contributed by atoms with Gasteiger partial charge in [-0.05, 0) is 78.1 Å². The molecule has 0 saturated carbocycles. The van der Waals surface area contributed by atoms with E-state index in [1.54, 1.807) is 0 Å². The van der Waals surface area contributed by atoms with Crippen molar-refractivity contribution in [2.75, 3.05) is 0 Å². The summed E-state index contributed by atoms with van der Waals surface area (Å²) in [6.07, 6.45) is 6.83. The number of allylic oxidation sites excluding steroid dienone is 2. The summed E-state index contributed by atoms with van der Waals surface area (Å²) in [7, 11) is -1.34. The molecular weight excluding hydrogens is 879 g/mol. The van der Waals surface area contributed by atoms with E-state index in [1.165, 1.54) is 48.1 Å². The summed E-state index contributed by atoms with van der Waals surface area (Å²) in [5.41, 5.74) is 7.28. The summed E-state index contributed by atoms with van der Waals surface area (Å²) in [5, 5.41) is 17.1. The smallest absolute Gasteiger partial charge is 0.162 e. The average molecular weight is 931 g/mol. The number of benzene rings is 4. The van der Waals surface area contributed by atoms with E-state index >= 15 is 0 Å². The molecule has 0 saturated heterocycles. The summed E-state index contributed by atoms with van der Waals surface area (Å²) in [6, 6.07) is 30.0. The SMILES string of the molecule is CCC(CC)C(=O)/C=C(\O)C(CC)CC.Cc1[c-]c(-c2nccc3c(C)c(-c4ccc([Si](C)(C)C)cc4)sc23)c2oc3cc4ccccc4cc3c2c1.[Ir]. The number of aliphatic hydroxyl groups is 1. The van der Waals surface area contributed by atoms with E-state index < -0.39 is 8.07 Å². The number of aliphatic hydroxyl groups excluding tert-OH is 1. The molecule has 0 amide bonds. The van der Waals surface area contributed by atoms with Crippen LogP contribution in [0.25, 0.3) is 64.5 Å². The van der Waals surface area contributed by atoms with Crippen LogP contribution >= 0.6 is 11.3 Å². The molecule has 283 valence electrons. The average Bonchev–Trinajstić information content (AvgIpc) is 3.68. The second-order valence-corrected chi connectivity index (χ2v) is 21.4. The molecule has 0 spiro atoms. The van der Waals surface area contributed by atoms with Crippen LogP contribution in [0.1, 0.15) is 64.5 Å². The number of aryl methyl sites for hydroxylation is 2. The van der Waals surface area contributed by atoms with Gasteiger partial charge in [-0.2, -0.15) is 0 Å². The number of thiophene rings is 1. The molecule has 7 rings (SSSR count). The molecule has 1 radical (unpaired) electrons. The number of ketones is 1. The third-order valence-corrected chi connectivity index (χ3v) is 14.1. The predicted octanol–water partition coefficient (Wildman–Crippen LogP) is 13.5. The number of carbonyl (C=O) groups is 1. The molecule has 4 aromatic carbocycles. The molecule has 0 unspecified atom stereocenters. The molecule has 0 aliphatic heterocycles. The van der Waals surface area contributed by atoms with Crippen molar-refractivity contribution in [2.45, 2.75) is 86.9 Å². The third-order valence-electron chi connectivity index (χ3n) is 10.7. The fraction of sp³-hybridized carbons (Fsp3) is 0.319. The Labute approximate surface area is 339 Å². The minimum absolute atomic E-state index is 0. The number of pyridine rings is 1. The van der Waals surface area contributed by atoms with E-state index in [0.29, 0.717) is 0 Å². The van der Waals surface area contributed by atoms with Crippen LogP contribution in [-0.4, -0.2) is 23.9 Å². The van der Waals surface area contributed by atoms with Crippen molar-refractivity contribution in [3.05, 3.63) is 108 Å². The molecule has 4 nitrogen and oxygen atoms in total. The first-order valence-electron chi connectivity index (χ1n) is 19.1. The van der Waals surface area contributed by atoms with Crippen molar-refractivity contribution in [3.8, 4) is 21.7 Å². The number of hydrogen-bond acceptors (Lipinski definition) is 5. The van der Waals surface area contributed by atoms with Crippen molar-refractivity contribution < 1.29 is 34.4 Å². The first-order valence-corrected chi connectivity index (χ1v) is 23.4. The molecule has 7 aromatic rings. The Bertz CT molecular complexity index is 2440. The normalized spacial score (nSPS) is 12.2. The van der Waals surface area contributed by atoms with E-state index in [-0.39, 0.29) is 43.5 Å². The first kappa shape index (κ1) is 41.3. The monoisotopic (exact) mass is 931 g/mol. The van der Waals surface area contributed by atoms with Gasteiger partial charge in [0, 0.05) is 64.9 Å². The topological polar surface area (TPSA) is 63.3 Å². The number of fused-ring (bicyclic) bond motifs is 5. The van der Waals surface area contributed by atoms with E-state index in [2.05, 4.69) is 112 Å². The van der Waals surface area contributed by atoms with Crippen molar-refractivity contribution in [1.29, 1.82) is 0 Å². The number of furan rings is 1. The van der Waals surface area contributed by atoms with Crippen LogP contribution in [0.5, 0.6) is 0 Å². The quantitative estimate of drug-likeness (QED) is 0.0642. The van der Waals surface area contributed by atoms with Crippen LogP contribution < -0.4 is 5.19 Å². The van der Waals surface area contributed by atoms with Gasteiger partial charge in [-0.25, -0.2) is 0 Å². The zero-order valence-corrected chi connectivity index (χ0v) is 37.2. The van der Waals surface area contributed by atoms with Gasteiger partial charge >= 0.3 is 0 Å². The first-order chi connectivity index (χ1) is 25.4. The minimum Gasteiger partial charge on any atom is -0.512 e. The molecule has 3 heterocycles. The van der Waals surface area contributed by atoms with Gasteiger partial charge in [0.25, 0.3) is 0 Å². The Hall–Kier alpha value is -3.87. The molecule has 7 heteroatoms. The molecule has 0 aliphatic carbocycles. The van der Waals surface area contributed by atoms with Crippen LogP contribution in [0, 0.1) is 31.7 Å². The summed E-state index contributed by atoms with van der Waals surface area (Å²) in [6.45, 7) is 19.6. The van der Waals surface area contributed by atoms with Gasteiger partial charge in [-0.1, -0.05) is 119 Å². The fourth-order valence-electron chi connectivity index (χ4n) is 7.31. The van der Waals surface area contributed by atoms with Crippen LogP contribution in [0.15, 0.2) is 95.2 Å². The molecule has 54 heavy (non-hydrogen) atoms. The molecule has 0 fully saturated rings. The second kappa shape index (κ2) is 17.3. The van der Waals surface area contributed by atoms with Crippen LogP contribution in [-0.2, 0) is 24.9 Å². The molecule has 3 aromatic heterocycles. The molecular formula is C47H52IrNO3SSi-. The molecule has 0 atom stereocenters. The summed E-state index contributed by atoms with van der Waals surface area (Å²) < 4.78 is 7.74. The van der Waals surface area contributed by atoms with Gasteiger partial charge in [0.05, 0.1) is 19.4 Å². The third kappa shape index (κ3) is 8.35. The standard InChI is InChI=1S/C34H28NOSSi.C13H24O2.Ir/c1-20-16-28-27-18-23-8-6-7-9-24(23)19-30(27)36-32(28)29(17-20)31-34-26(14-15-35-31)21(2)33(37-34)22-10-12-25(13-11-22)38(3,4)5;1-5-10(6-2)12(14)9-13(15)11(7-3)8-4;/h6-16,18-19H,1-5H3;9-11,14H,5-8H2,1-4H3;/q-1;;/b;12-9-;. The molecule has 0 aliphatic rings. The summed E-state index contributed by atoms with van der Waals surface area (Å²) in [4.78, 5) is 17.9. The Morgan fingerprint density at radius 1 is 0.852 bits per heavy atom. The molecule has 0 bridgehead atoms. The Balaban J connectivity index is 0.000000301. The van der Waals surface area contributed by atoms with Crippen LogP contribution in [0.4, 0.5) is 0 Å². The fourth-order valence-corrected chi connectivity index (χ4v) is 9.78. The Kier molecular flexibility index (Phi) is 13.2. The van der Waals surface area contributed by atoms with Crippen molar-refractivity contribution in [2.24, 2.45) is 11.8 Å². The number of aromatic nitrogens is 1. The summed E-state index contributed by atoms with van der Waals surface area (Å²) in [5.74, 6) is 0.547. The van der Waals surface area contributed by atoms with Gasteiger partial charge in [0.1, 0.15) is 5.58 Å². The van der Waals surface area contributed by atoms with Crippen molar-refractivity contribution in [1.82, 2.24) is 4.98 Å². The zero-order chi connectivity index (χ0) is 38.0. The number of carbonyl (C=O) groups excluding carboxylic acids is 1.